The second kappa shape index (κ2) is 4.86. The summed E-state index contributed by atoms with van der Waals surface area (Å²) in [6.45, 7) is 3.72. The molecule has 0 atom stereocenters. The lowest BCUT2D eigenvalue weighted by Crippen LogP contribution is -2.30. The summed E-state index contributed by atoms with van der Waals surface area (Å²) in [7, 11) is 0. The second-order valence-corrected chi connectivity index (χ2v) is 5.51. The molecule has 0 N–H and O–H groups in total. The van der Waals surface area contributed by atoms with Crippen LogP contribution < -0.4 is 4.90 Å². The van der Waals surface area contributed by atoms with Crippen molar-refractivity contribution in [1.82, 2.24) is 0 Å². The molecule has 0 fully saturated rings. The van der Waals surface area contributed by atoms with Crippen molar-refractivity contribution in [3.05, 3.63) is 63.9 Å². The highest BCUT2D eigenvalue weighted by Gasteiger charge is 2.17. The number of fused-ring (bicyclic) bond motifs is 1. The molecule has 19 heavy (non-hydrogen) atoms. The molecule has 3 heteroatoms. The van der Waals surface area contributed by atoms with Crippen molar-refractivity contribution >= 4 is 17.3 Å². The highest BCUT2D eigenvalue weighted by atomic mass is 35.5. The van der Waals surface area contributed by atoms with E-state index in [1.807, 2.05) is 25.1 Å². The van der Waals surface area contributed by atoms with E-state index in [1.54, 1.807) is 6.07 Å². The molecule has 1 heterocycles. The zero-order valence-electron chi connectivity index (χ0n) is 10.8. The summed E-state index contributed by atoms with van der Waals surface area (Å²) in [6, 6.07) is 11.1. The summed E-state index contributed by atoms with van der Waals surface area (Å²) in [5.41, 5.74) is 4.58. The quantitative estimate of drug-likeness (QED) is 0.748. The predicted octanol–water partition coefficient (Wildman–Crippen LogP) is 4.35. The van der Waals surface area contributed by atoms with Gasteiger partial charge >= 0.3 is 0 Å². The fourth-order valence-corrected chi connectivity index (χ4v) is 2.93. The number of hydrogen-bond acceptors (Lipinski definition) is 1. The average molecular weight is 276 g/mol. The molecule has 1 aliphatic rings. The highest BCUT2D eigenvalue weighted by molar-refractivity contribution is 6.30. The van der Waals surface area contributed by atoms with Crippen molar-refractivity contribution in [1.29, 1.82) is 0 Å². The van der Waals surface area contributed by atoms with Crippen molar-refractivity contribution in [2.24, 2.45) is 0 Å². The molecule has 98 valence electrons. The van der Waals surface area contributed by atoms with Crippen LogP contribution in [0.5, 0.6) is 0 Å². The Balaban J connectivity index is 1.92. The predicted molar refractivity (Wildman–Crippen MR) is 77.3 cm³/mol. The van der Waals surface area contributed by atoms with Gasteiger partial charge in [0.05, 0.1) is 0 Å². The Bertz CT molecular complexity index is 604. The topological polar surface area (TPSA) is 3.24 Å². The molecule has 0 aromatic heterocycles. The molecule has 0 unspecified atom stereocenters. The van der Waals surface area contributed by atoms with Crippen LogP contribution in [0.2, 0.25) is 5.02 Å². The second-order valence-electron chi connectivity index (χ2n) is 5.07. The Hall–Kier alpha value is -1.54. The van der Waals surface area contributed by atoms with Crippen LogP contribution in [0, 0.1) is 12.7 Å². The summed E-state index contributed by atoms with van der Waals surface area (Å²) >= 11 is 6.11. The summed E-state index contributed by atoms with van der Waals surface area (Å²) in [5, 5.41) is 0.750. The number of benzene rings is 2. The van der Waals surface area contributed by atoms with Crippen molar-refractivity contribution in [3.63, 3.8) is 0 Å². The molecular weight excluding hydrogens is 261 g/mol. The maximum Gasteiger partial charge on any atom is 0.123 e. The Morgan fingerprint density at radius 1 is 1.11 bits per heavy atom. The number of hydrogen-bond donors (Lipinski definition) is 0. The van der Waals surface area contributed by atoms with Crippen LogP contribution >= 0.6 is 11.6 Å². The molecule has 2 aromatic carbocycles. The van der Waals surface area contributed by atoms with E-state index in [2.05, 4.69) is 11.0 Å². The van der Waals surface area contributed by atoms with E-state index >= 15 is 0 Å². The van der Waals surface area contributed by atoms with E-state index in [0.29, 0.717) is 0 Å². The number of nitrogens with zero attached hydrogens (tertiary/aromatic N) is 1. The van der Waals surface area contributed by atoms with Crippen LogP contribution in [-0.4, -0.2) is 6.54 Å². The first-order chi connectivity index (χ1) is 9.11. The molecule has 0 radical (unpaired) electrons. The van der Waals surface area contributed by atoms with Crippen LogP contribution in [0.1, 0.15) is 16.7 Å². The molecule has 1 nitrogen and oxygen atoms in total. The third-order valence-electron chi connectivity index (χ3n) is 3.57. The van der Waals surface area contributed by atoms with Crippen LogP contribution in [0.25, 0.3) is 0 Å². The zero-order chi connectivity index (χ0) is 13.4. The number of aryl methyl sites for hydroxylation is 1. The first kappa shape index (κ1) is 12.5. The first-order valence-electron chi connectivity index (χ1n) is 6.41. The van der Waals surface area contributed by atoms with Gasteiger partial charge in [0, 0.05) is 23.8 Å². The lowest BCUT2D eigenvalue weighted by atomic mass is 9.99. The molecule has 3 rings (SSSR count). The largest absolute Gasteiger partial charge is 0.367 e. The molecule has 0 saturated carbocycles. The van der Waals surface area contributed by atoms with E-state index in [9.17, 15) is 4.39 Å². The average Bonchev–Trinajstić information content (AvgIpc) is 2.36. The molecule has 1 aliphatic heterocycles. The summed E-state index contributed by atoms with van der Waals surface area (Å²) in [6.07, 6.45) is 0.946. The number of halogens is 2. The van der Waals surface area contributed by atoms with Gasteiger partial charge in [-0.15, -0.1) is 0 Å². The van der Waals surface area contributed by atoms with Crippen molar-refractivity contribution in [2.45, 2.75) is 19.9 Å². The van der Waals surface area contributed by atoms with Crippen LogP contribution in [0.15, 0.2) is 36.4 Å². The van der Waals surface area contributed by atoms with E-state index < -0.39 is 0 Å². The molecule has 2 aromatic rings. The van der Waals surface area contributed by atoms with Crippen LogP contribution in [-0.2, 0) is 13.0 Å². The monoisotopic (exact) mass is 275 g/mol. The molecule has 0 aliphatic carbocycles. The maximum atomic E-state index is 13.3. The van der Waals surface area contributed by atoms with Gasteiger partial charge in [0.2, 0.25) is 0 Å². The third-order valence-corrected chi connectivity index (χ3v) is 3.79. The van der Waals surface area contributed by atoms with Gasteiger partial charge in [-0.2, -0.15) is 0 Å². The lowest BCUT2D eigenvalue weighted by molar-refractivity contribution is 0.619. The van der Waals surface area contributed by atoms with Crippen LogP contribution in [0.4, 0.5) is 10.1 Å². The number of rotatable bonds is 1. The van der Waals surface area contributed by atoms with Gasteiger partial charge in [0.1, 0.15) is 5.82 Å². The highest BCUT2D eigenvalue weighted by Crippen LogP contribution is 2.28. The molecular formula is C16H15ClFN. The smallest absolute Gasteiger partial charge is 0.123 e. The minimum atomic E-state index is -0.164. The van der Waals surface area contributed by atoms with E-state index in [-0.39, 0.29) is 5.82 Å². The van der Waals surface area contributed by atoms with Gasteiger partial charge in [-0.25, -0.2) is 4.39 Å². The van der Waals surface area contributed by atoms with Crippen molar-refractivity contribution in [2.75, 3.05) is 11.4 Å². The third kappa shape index (κ3) is 2.59. The Morgan fingerprint density at radius 3 is 2.74 bits per heavy atom. The first-order valence-corrected chi connectivity index (χ1v) is 6.79. The summed E-state index contributed by atoms with van der Waals surface area (Å²) in [4.78, 5) is 2.25. The molecule has 0 amide bonds. The van der Waals surface area contributed by atoms with Gasteiger partial charge in [0.25, 0.3) is 0 Å². The zero-order valence-corrected chi connectivity index (χ0v) is 11.5. The molecule has 0 saturated heterocycles. The van der Waals surface area contributed by atoms with Gasteiger partial charge in [-0.3, -0.25) is 0 Å². The van der Waals surface area contributed by atoms with E-state index in [1.165, 1.54) is 11.6 Å². The Labute approximate surface area is 117 Å². The molecule has 0 spiro atoms. The fraction of sp³-hybridized carbons (Fsp3) is 0.250. The Kier molecular flexibility index (Phi) is 3.19. The van der Waals surface area contributed by atoms with Crippen molar-refractivity contribution in [3.8, 4) is 0 Å². The standard InChI is InChI=1S/C16H15ClFN/c1-11-6-14(17)9-16(7-11)19-5-4-12-2-3-15(18)8-13(12)10-19/h2-3,6-9H,4-5,10H2,1H3. The lowest BCUT2D eigenvalue weighted by Gasteiger charge is -2.31. The van der Waals surface area contributed by atoms with Gasteiger partial charge in [-0.05, 0) is 60.4 Å². The summed E-state index contributed by atoms with van der Waals surface area (Å²) in [5.74, 6) is -0.164. The number of anilines is 1. The maximum absolute atomic E-state index is 13.3. The minimum Gasteiger partial charge on any atom is -0.367 e. The SMILES string of the molecule is Cc1cc(Cl)cc(N2CCc3ccc(F)cc3C2)c1. The van der Waals surface area contributed by atoms with Gasteiger partial charge in [-0.1, -0.05) is 17.7 Å². The Morgan fingerprint density at radius 2 is 1.95 bits per heavy atom. The normalized spacial score (nSPS) is 14.4. The van der Waals surface area contributed by atoms with E-state index in [4.69, 9.17) is 11.6 Å². The van der Waals surface area contributed by atoms with E-state index in [0.717, 1.165) is 41.3 Å². The fourth-order valence-electron chi connectivity index (χ4n) is 2.65. The molecule has 0 bridgehead atoms. The minimum absolute atomic E-state index is 0.164. The van der Waals surface area contributed by atoms with Gasteiger partial charge < -0.3 is 4.90 Å². The van der Waals surface area contributed by atoms with Crippen molar-refractivity contribution < 1.29 is 4.39 Å². The van der Waals surface area contributed by atoms with Crippen LogP contribution in [0.3, 0.4) is 0 Å². The van der Waals surface area contributed by atoms with Gasteiger partial charge in [0.15, 0.2) is 0 Å². The summed E-state index contributed by atoms with van der Waals surface area (Å²) < 4.78 is 13.3.